The average Bonchev–Trinajstić information content (AvgIpc) is 3.00. The van der Waals surface area contributed by atoms with Gasteiger partial charge < -0.3 is 9.47 Å². The molecule has 0 aromatic rings. The molecule has 2 saturated carbocycles. The number of ether oxygens (including phenoxy) is 2. The molecular weight excluding hydrogens is 321 g/mol. The van der Waals surface area contributed by atoms with E-state index in [4.69, 9.17) is 9.47 Å². The highest BCUT2D eigenvalue weighted by molar-refractivity contribution is 5.02. The Hall–Kier alpha value is -0.270. The standard InChI is InChI=1S/C19H34FN3O2/c1-12-5-6-21-11-24-10-13-3-2-4-14(7-13)19-15-8-18(25-12)16(20)9-17(15)22-23-19/h12-19,21-23H,2-11H2,1H3/t12-,13?,14?,15?,16?,17?,18?,19?/m1/s1. The van der Waals surface area contributed by atoms with Crippen molar-refractivity contribution in [2.75, 3.05) is 19.9 Å². The van der Waals surface area contributed by atoms with E-state index in [2.05, 4.69) is 23.1 Å². The molecule has 3 N–H and O–H groups in total. The second kappa shape index (κ2) is 8.17. The van der Waals surface area contributed by atoms with E-state index in [-0.39, 0.29) is 18.2 Å². The fraction of sp³-hybridized carbons (Fsp3) is 1.00. The Bertz CT molecular complexity index is 441. The molecule has 2 heterocycles. The summed E-state index contributed by atoms with van der Waals surface area (Å²) in [5.41, 5.74) is 6.95. The van der Waals surface area contributed by atoms with Gasteiger partial charge in [0.15, 0.2) is 0 Å². The van der Waals surface area contributed by atoms with Gasteiger partial charge in [0.25, 0.3) is 0 Å². The van der Waals surface area contributed by atoms with Crippen LogP contribution in [0.4, 0.5) is 4.39 Å². The molecule has 2 aliphatic heterocycles. The predicted molar refractivity (Wildman–Crippen MR) is 94.7 cm³/mol. The van der Waals surface area contributed by atoms with E-state index in [0.717, 1.165) is 26.0 Å². The van der Waals surface area contributed by atoms with E-state index >= 15 is 0 Å². The van der Waals surface area contributed by atoms with Gasteiger partial charge in [-0.3, -0.25) is 16.2 Å². The SMILES string of the molecule is C[C@@H]1CCNCOCC2CCCC(C2)C2NNC3CC(F)C(CC32)O1. The molecule has 5 nitrogen and oxygen atoms in total. The molecule has 0 aromatic heterocycles. The number of hydrogen-bond donors (Lipinski definition) is 3. The average molecular weight is 355 g/mol. The third-order valence-corrected chi connectivity index (χ3v) is 6.82. The molecule has 0 aromatic carbocycles. The minimum Gasteiger partial charge on any atom is -0.372 e. The first kappa shape index (κ1) is 18.1. The van der Waals surface area contributed by atoms with Crippen LogP contribution in [0.2, 0.25) is 0 Å². The van der Waals surface area contributed by atoms with Crippen molar-refractivity contribution in [2.24, 2.45) is 17.8 Å². The third-order valence-electron chi connectivity index (χ3n) is 6.82. The van der Waals surface area contributed by atoms with Crippen LogP contribution >= 0.6 is 0 Å². The van der Waals surface area contributed by atoms with Crippen LogP contribution in [0.1, 0.15) is 51.9 Å². The van der Waals surface area contributed by atoms with Crippen molar-refractivity contribution in [1.82, 2.24) is 16.2 Å². The summed E-state index contributed by atoms with van der Waals surface area (Å²) in [4.78, 5) is 0. The number of rotatable bonds is 0. The first-order valence-electron chi connectivity index (χ1n) is 10.3. The molecule has 0 radical (unpaired) electrons. The lowest BCUT2D eigenvalue weighted by molar-refractivity contribution is -0.0801. The molecule has 0 spiro atoms. The van der Waals surface area contributed by atoms with E-state index in [1.165, 1.54) is 25.7 Å². The normalized spacial score (nSPS) is 49.2. The van der Waals surface area contributed by atoms with E-state index in [1.807, 2.05) is 0 Å². The number of alkyl halides is 1. The van der Waals surface area contributed by atoms with E-state index in [9.17, 15) is 4.39 Å². The Kier molecular flexibility index (Phi) is 5.92. The summed E-state index contributed by atoms with van der Waals surface area (Å²) in [6.07, 6.45) is 6.34. The van der Waals surface area contributed by atoms with Crippen LogP contribution in [0.15, 0.2) is 0 Å². The first-order valence-corrected chi connectivity index (χ1v) is 10.3. The molecule has 4 aliphatic rings. The van der Waals surface area contributed by atoms with Gasteiger partial charge >= 0.3 is 0 Å². The Balaban J connectivity index is 1.49. The fourth-order valence-corrected chi connectivity index (χ4v) is 5.48. The number of hydrogen-bond acceptors (Lipinski definition) is 5. The van der Waals surface area contributed by atoms with Crippen LogP contribution in [0.5, 0.6) is 0 Å². The molecule has 6 heteroatoms. The van der Waals surface area contributed by atoms with E-state index < -0.39 is 6.17 Å². The molecule has 4 bridgehead atoms. The third kappa shape index (κ3) is 4.19. The molecule has 4 rings (SSSR count). The number of hydrazine groups is 1. The summed E-state index contributed by atoms with van der Waals surface area (Å²) in [6, 6.07) is 0.703. The molecule has 8 atom stereocenters. The molecule has 0 amide bonds. The zero-order valence-corrected chi connectivity index (χ0v) is 15.4. The molecule has 2 saturated heterocycles. The van der Waals surface area contributed by atoms with Crippen LogP contribution in [-0.4, -0.2) is 50.3 Å². The maximum absolute atomic E-state index is 14.6. The Morgan fingerprint density at radius 2 is 1.96 bits per heavy atom. The minimum absolute atomic E-state index is 0.0810. The summed E-state index contributed by atoms with van der Waals surface area (Å²) >= 11 is 0. The number of halogens is 1. The Morgan fingerprint density at radius 1 is 1.04 bits per heavy atom. The lowest BCUT2D eigenvalue weighted by Gasteiger charge is -2.40. The van der Waals surface area contributed by atoms with Crippen LogP contribution in [0.3, 0.4) is 0 Å². The quantitative estimate of drug-likeness (QED) is 0.622. The van der Waals surface area contributed by atoms with Crippen molar-refractivity contribution in [3.63, 3.8) is 0 Å². The monoisotopic (exact) mass is 355 g/mol. The minimum atomic E-state index is -0.858. The smallest absolute Gasteiger partial charge is 0.128 e. The van der Waals surface area contributed by atoms with Crippen molar-refractivity contribution in [3.8, 4) is 0 Å². The van der Waals surface area contributed by atoms with Crippen LogP contribution in [-0.2, 0) is 9.47 Å². The van der Waals surface area contributed by atoms with Crippen molar-refractivity contribution >= 4 is 0 Å². The Morgan fingerprint density at radius 3 is 2.88 bits per heavy atom. The lowest BCUT2D eigenvalue weighted by Crippen LogP contribution is -2.46. The largest absolute Gasteiger partial charge is 0.372 e. The summed E-state index contributed by atoms with van der Waals surface area (Å²) < 4.78 is 26.6. The lowest BCUT2D eigenvalue weighted by atomic mass is 9.70. The predicted octanol–water partition coefficient (Wildman–Crippen LogP) is 2.13. The van der Waals surface area contributed by atoms with Gasteiger partial charge in [0.05, 0.1) is 25.5 Å². The van der Waals surface area contributed by atoms with E-state index in [1.54, 1.807) is 0 Å². The van der Waals surface area contributed by atoms with Crippen LogP contribution < -0.4 is 16.2 Å². The van der Waals surface area contributed by atoms with Crippen LogP contribution in [0, 0.1) is 17.8 Å². The maximum Gasteiger partial charge on any atom is 0.128 e. The van der Waals surface area contributed by atoms with Crippen molar-refractivity contribution in [3.05, 3.63) is 0 Å². The van der Waals surface area contributed by atoms with Crippen molar-refractivity contribution < 1.29 is 13.9 Å². The van der Waals surface area contributed by atoms with Gasteiger partial charge in [0.1, 0.15) is 6.17 Å². The summed E-state index contributed by atoms with van der Waals surface area (Å²) in [5.74, 6) is 1.81. The van der Waals surface area contributed by atoms with Gasteiger partial charge in [-0.25, -0.2) is 4.39 Å². The van der Waals surface area contributed by atoms with Gasteiger partial charge in [-0.15, -0.1) is 0 Å². The van der Waals surface area contributed by atoms with Gasteiger partial charge in [0, 0.05) is 12.1 Å². The molecule has 4 fully saturated rings. The summed E-state index contributed by atoms with van der Waals surface area (Å²) in [6.45, 7) is 4.39. The second-order valence-electron chi connectivity index (χ2n) is 8.65. The van der Waals surface area contributed by atoms with E-state index in [0.29, 0.717) is 36.9 Å². The van der Waals surface area contributed by atoms with Crippen molar-refractivity contribution in [1.29, 1.82) is 0 Å². The molecular formula is C19H34FN3O2. The van der Waals surface area contributed by atoms with Gasteiger partial charge in [0.2, 0.25) is 0 Å². The summed E-state index contributed by atoms with van der Waals surface area (Å²) in [5, 5.41) is 3.33. The maximum atomic E-state index is 14.6. The zero-order chi connectivity index (χ0) is 17.2. The van der Waals surface area contributed by atoms with Crippen LogP contribution in [0.25, 0.3) is 0 Å². The Labute approximate surface area is 150 Å². The fourth-order valence-electron chi connectivity index (χ4n) is 5.48. The molecule has 25 heavy (non-hydrogen) atoms. The van der Waals surface area contributed by atoms with Gasteiger partial charge in [-0.05, 0) is 69.7 Å². The number of nitrogens with one attached hydrogen (secondary N) is 3. The second-order valence-corrected chi connectivity index (χ2v) is 8.65. The molecule has 7 unspecified atom stereocenters. The number of fused-ring (bicyclic) bond motifs is 4. The summed E-state index contributed by atoms with van der Waals surface area (Å²) in [7, 11) is 0. The molecule has 2 aliphatic carbocycles. The highest BCUT2D eigenvalue weighted by atomic mass is 19.1. The van der Waals surface area contributed by atoms with Crippen molar-refractivity contribution in [2.45, 2.75) is 82.3 Å². The topological polar surface area (TPSA) is 54.5 Å². The van der Waals surface area contributed by atoms with Gasteiger partial charge in [-0.1, -0.05) is 6.42 Å². The highest BCUT2D eigenvalue weighted by Crippen LogP contribution is 2.41. The van der Waals surface area contributed by atoms with Gasteiger partial charge in [-0.2, -0.15) is 0 Å². The molecule has 144 valence electrons. The first-order chi connectivity index (χ1) is 12.2. The zero-order valence-electron chi connectivity index (χ0n) is 15.4. The highest BCUT2D eigenvalue weighted by Gasteiger charge is 2.48.